The van der Waals surface area contributed by atoms with Crippen molar-refractivity contribution in [3.05, 3.63) is 65.7 Å². The van der Waals surface area contributed by atoms with E-state index in [1.54, 1.807) is 0 Å². The molecule has 2 N–H and O–H groups in total. The van der Waals surface area contributed by atoms with Gasteiger partial charge < -0.3 is 15.2 Å². The molecule has 0 aliphatic heterocycles. The number of rotatable bonds is 13. The Morgan fingerprint density at radius 1 is 1.09 bits per heavy atom. The number of aryl methyl sites for hydroxylation is 1. The van der Waals surface area contributed by atoms with Gasteiger partial charge in [0.2, 0.25) is 0 Å². The monoisotopic (exact) mass is 523 g/mol. The van der Waals surface area contributed by atoms with Crippen molar-refractivity contribution in [3.8, 4) is 0 Å². The third-order valence-electron chi connectivity index (χ3n) is 5.24. The largest absolute Gasteiger partial charge is 0.445 e. The normalized spacial score (nSPS) is 14.9. The summed E-state index contributed by atoms with van der Waals surface area (Å²) in [6.07, 6.45) is 3.56. The van der Waals surface area contributed by atoms with E-state index in [4.69, 9.17) is 4.74 Å². The Hall–Kier alpha value is -1.70. The van der Waals surface area contributed by atoms with Gasteiger partial charge in [-0.1, -0.05) is 96.6 Å². The van der Waals surface area contributed by atoms with Crippen LogP contribution in [0.2, 0.25) is 0 Å². The first-order valence-electron chi connectivity index (χ1n) is 11.1. The van der Waals surface area contributed by atoms with Crippen LogP contribution in [0.4, 0.5) is 4.79 Å². The minimum Gasteiger partial charge on any atom is -0.445 e. The number of carbonyl (C=O) groups excluding carboxylic acids is 1. The summed E-state index contributed by atoms with van der Waals surface area (Å²) in [6, 6.07) is 16.2. The average Bonchev–Trinajstić information content (AvgIpc) is 2.79. The molecular weight excluding hydrogens is 490 g/mol. The number of aliphatic hydroxyl groups is 1. The van der Waals surface area contributed by atoms with E-state index in [1.165, 1.54) is 0 Å². The molecule has 1 amide bonds. The van der Waals surface area contributed by atoms with Gasteiger partial charge in [0.05, 0.1) is 28.7 Å². The number of nitrogens with one attached hydrogen (secondary N) is 1. The van der Waals surface area contributed by atoms with E-state index < -0.39 is 29.0 Å². The molecule has 0 aliphatic rings. The summed E-state index contributed by atoms with van der Waals surface area (Å²) in [5, 5.41) is 13.7. The molecule has 0 aliphatic carbocycles. The minimum absolute atomic E-state index is 0.0315. The molecule has 0 heterocycles. The lowest BCUT2D eigenvalue weighted by Crippen LogP contribution is -2.50. The number of aliphatic hydroxyl groups excluding tert-OH is 1. The number of hydrogen-bond donors (Lipinski definition) is 2. The Morgan fingerprint density at radius 3 is 2.44 bits per heavy atom. The highest BCUT2D eigenvalue weighted by atomic mass is 79.9. The van der Waals surface area contributed by atoms with Gasteiger partial charge in [0.1, 0.15) is 6.61 Å². The smallest absolute Gasteiger partial charge is 0.407 e. The molecule has 2 aromatic carbocycles. The first kappa shape index (κ1) is 26.6. The van der Waals surface area contributed by atoms with E-state index in [9.17, 15) is 14.1 Å². The van der Waals surface area contributed by atoms with Crippen molar-refractivity contribution in [1.82, 2.24) is 5.32 Å². The minimum atomic E-state index is -1.38. The summed E-state index contributed by atoms with van der Waals surface area (Å²) >= 11 is 3.65. The molecule has 7 heteroatoms. The number of halogens is 1. The summed E-state index contributed by atoms with van der Waals surface area (Å²) in [7, 11) is -1.38. The van der Waals surface area contributed by atoms with Crippen molar-refractivity contribution in [3.63, 3.8) is 0 Å². The van der Waals surface area contributed by atoms with Crippen LogP contribution in [0.5, 0.6) is 0 Å². The van der Waals surface area contributed by atoms with E-state index >= 15 is 0 Å². The van der Waals surface area contributed by atoms with Crippen LogP contribution in [-0.2, 0) is 22.1 Å². The van der Waals surface area contributed by atoms with E-state index in [2.05, 4.69) is 28.2 Å². The fraction of sp³-hybridized carbons (Fsp3) is 0.480. The number of unbranched alkanes of at least 4 members (excludes halogenated alkanes) is 3. The maximum atomic E-state index is 12.8. The van der Waals surface area contributed by atoms with Crippen molar-refractivity contribution in [2.45, 2.75) is 74.4 Å². The molecule has 2 rings (SSSR count). The van der Waals surface area contributed by atoms with Gasteiger partial charge in [-0.3, -0.25) is 4.21 Å². The zero-order chi connectivity index (χ0) is 23.3. The van der Waals surface area contributed by atoms with E-state index in [1.807, 2.05) is 61.5 Å². The van der Waals surface area contributed by atoms with Gasteiger partial charge in [0.25, 0.3) is 0 Å². The molecule has 0 fully saturated rings. The number of ether oxygens (including phenoxy) is 1. The standard InChI is InChI=1S/C25H34BrNO4S/c1-3-4-5-9-12-22(26)24(27-25(29)31-17-20-10-7-6-8-11-20)23(28)18-32(30)21-15-13-19(2)14-16-21/h6-8,10-11,13-16,22-24,28H,3-5,9,12,17-18H2,1-2H3,(H,27,29)/t22-,23-,24-,32-/m1/s1. The molecule has 0 unspecified atom stereocenters. The number of amides is 1. The number of benzene rings is 2. The molecule has 0 radical (unpaired) electrons. The second kappa shape index (κ2) is 14.4. The quantitative estimate of drug-likeness (QED) is 0.268. The van der Waals surface area contributed by atoms with Gasteiger partial charge >= 0.3 is 6.09 Å². The van der Waals surface area contributed by atoms with Crippen LogP contribution < -0.4 is 5.32 Å². The topological polar surface area (TPSA) is 75.6 Å². The zero-order valence-electron chi connectivity index (χ0n) is 18.8. The number of alkyl carbamates (subject to hydrolysis) is 1. The fourth-order valence-electron chi connectivity index (χ4n) is 3.32. The molecule has 0 bridgehead atoms. The molecule has 0 spiro atoms. The maximum absolute atomic E-state index is 12.8. The molecule has 0 saturated heterocycles. The molecular formula is C25H34BrNO4S. The summed E-state index contributed by atoms with van der Waals surface area (Å²) in [6.45, 7) is 4.27. The Kier molecular flexibility index (Phi) is 12.0. The fourth-order valence-corrected chi connectivity index (χ4v) is 5.28. The zero-order valence-corrected chi connectivity index (χ0v) is 21.2. The molecule has 176 valence electrons. The van der Waals surface area contributed by atoms with Gasteiger partial charge in [-0.25, -0.2) is 4.79 Å². The number of alkyl halides is 1. The van der Waals surface area contributed by atoms with Gasteiger partial charge in [-0.15, -0.1) is 0 Å². The van der Waals surface area contributed by atoms with Crippen molar-refractivity contribution < 1.29 is 18.8 Å². The SMILES string of the molecule is CCCCCC[C@@H](Br)[C@@H](NC(=O)OCc1ccccc1)[C@H](O)C[S@@](=O)c1ccc(C)cc1. The maximum Gasteiger partial charge on any atom is 0.407 e. The van der Waals surface area contributed by atoms with E-state index in [-0.39, 0.29) is 17.2 Å². The molecule has 5 nitrogen and oxygen atoms in total. The third kappa shape index (κ3) is 9.43. The molecule has 32 heavy (non-hydrogen) atoms. The predicted molar refractivity (Wildman–Crippen MR) is 133 cm³/mol. The van der Waals surface area contributed by atoms with Crippen LogP contribution in [-0.4, -0.2) is 38.1 Å². The molecule has 0 saturated carbocycles. The van der Waals surface area contributed by atoms with Gasteiger partial charge in [0.15, 0.2) is 0 Å². The van der Waals surface area contributed by atoms with Crippen molar-refractivity contribution in [1.29, 1.82) is 0 Å². The third-order valence-corrected chi connectivity index (χ3v) is 7.71. The highest BCUT2D eigenvalue weighted by Crippen LogP contribution is 2.20. The van der Waals surface area contributed by atoms with Crippen LogP contribution in [0, 0.1) is 6.92 Å². The summed E-state index contributed by atoms with van der Waals surface area (Å²) in [4.78, 5) is 13.0. The van der Waals surface area contributed by atoms with Crippen LogP contribution in [0.3, 0.4) is 0 Å². The van der Waals surface area contributed by atoms with Crippen molar-refractivity contribution >= 4 is 32.8 Å². The van der Waals surface area contributed by atoms with Crippen LogP contribution >= 0.6 is 15.9 Å². The second-order valence-electron chi connectivity index (χ2n) is 7.99. The number of hydrogen-bond acceptors (Lipinski definition) is 4. The molecule has 0 aromatic heterocycles. The van der Waals surface area contributed by atoms with Crippen LogP contribution in [0.1, 0.15) is 50.2 Å². The lowest BCUT2D eigenvalue weighted by Gasteiger charge is -2.28. The lowest BCUT2D eigenvalue weighted by molar-refractivity contribution is 0.109. The first-order valence-corrected chi connectivity index (χ1v) is 13.4. The lowest BCUT2D eigenvalue weighted by atomic mass is 10.0. The highest BCUT2D eigenvalue weighted by Gasteiger charge is 2.30. The van der Waals surface area contributed by atoms with E-state index in [0.717, 1.165) is 43.2 Å². The summed E-state index contributed by atoms with van der Waals surface area (Å²) in [5.74, 6) is 0.0315. The Bertz CT molecular complexity index is 832. The van der Waals surface area contributed by atoms with E-state index in [0.29, 0.717) is 4.90 Å². The predicted octanol–water partition coefficient (Wildman–Crippen LogP) is 5.49. The molecule has 2 aromatic rings. The van der Waals surface area contributed by atoms with Crippen LogP contribution in [0.25, 0.3) is 0 Å². The molecule has 4 atom stereocenters. The average molecular weight is 525 g/mol. The summed E-state index contributed by atoms with van der Waals surface area (Å²) < 4.78 is 18.1. The van der Waals surface area contributed by atoms with Crippen LogP contribution in [0.15, 0.2) is 59.5 Å². The summed E-state index contributed by atoms with van der Waals surface area (Å²) in [5.41, 5.74) is 1.97. The van der Waals surface area contributed by atoms with Gasteiger partial charge in [0, 0.05) is 9.72 Å². The Balaban J connectivity index is 2.00. The highest BCUT2D eigenvalue weighted by molar-refractivity contribution is 9.09. The second-order valence-corrected chi connectivity index (χ2v) is 10.7. The van der Waals surface area contributed by atoms with Crippen molar-refractivity contribution in [2.24, 2.45) is 0 Å². The first-order chi connectivity index (χ1) is 15.4. The van der Waals surface area contributed by atoms with Gasteiger partial charge in [-0.2, -0.15) is 0 Å². The Morgan fingerprint density at radius 2 is 1.78 bits per heavy atom. The number of carbonyl (C=O) groups is 1. The van der Waals surface area contributed by atoms with Gasteiger partial charge in [-0.05, 0) is 31.0 Å². The van der Waals surface area contributed by atoms with Crippen molar-refractivity contribution in [2.75, 3.05) is 5.75 Å². The Labute approximate surface area is 202 Å².